The first-order valence-corrected chi connectivity index (χ1v) is 37.5. The molecule has 6 heterocycles. The molecule has 22 aromatic rings. The van der Waals surface area contributed by atoms with Crippen LogP contribution in [-0.2, 0) is 0 Å². The van der Waals surface area contributed by atoms with Gasteiger partial charge in [-0.2, -0.15) is 0 Å². The molecule has 16 aromatic carbocycles. The van der Waals surface area contributed by atoms with Crippen LogP contribution in [0.4, 0.5) is 0 Å². The predicted molar refractivity (Wildman–Crippen MR) is 457 cm³/mol. The van der Waals surface area contributed by atoms with Crippen molar-refractivity contribution < 1.29 is 8.83 Å². The van der Waals surface area contributed by atoms with Gasteiger partial charge in [0.2, 0.25) is 0 Å². The van der Waals surface area contributed by atoms with Crippen molar-refractivity contribution in [2.75, 3.05) is 0 Å². The first-order valence-electron chi connectivity index (χ1n) is 37.5. The maximum Gasteiger partial charge on any atom is 0.164 e. The second-order valence-corrected chi connectivity index (χ2v) is 28.1. The van der Waals surface area contributed by atoms with Crippen LogP contribution in [0.2, 0.25) is 0 Å². The molecule has 112 heavy (non-hydrogen) atoms. The van der Waals surface area contributed by atoms with E-state index in [1.807, 2.05) is 84.9 Å². The van der Waals surface area contributed by atoms with Gasteiger partial charge in [-0.25, -0.2) is 29.9 Å². The molecule has 0 aliphatic carbocycles. The van der Waals surface area contributed by atoms with E-state index in [0.717, 1.165) is 122 Å². The summed E-state index contributed by atoms with van der Waals surface area (Å²) in [4.78, 5) is 30.5. The van der Waals surface area contributed by atoms with Crippen molar-refractivity contribution in [2.24, 2.45) is 0 Å². The van der Waals surface area contributed by atoms with E-state index in [2.05, 4.69) is 312 Å². The molecule has 6 aromatic heterocycles. The van der Waals surface area contributed by atoms with Crippen LogP contribution < -0.4 is 0 Å². The fraction of sp³-hybridized carbons (Fsp3) is 0. The Kier molecular flexibility index (Phi) is 16.0. The van der Waals surface area contributed by atoms with Crippen molar-refractivity contribution in [1.29, 1.82) is 0 Å². The lowest BCUT2D eigenvalue weighted by Crippen LogP contribution is -2.00. The number of benzene rings is 16. The topological polar surface area (TPSA) is 113 Å². The van der Waals surface area contributed by atoms with Gasteiger partial charge in [0.15, 0.2) is 34.9 Å². The second-order valence-electron chi connectivity index (χ2n) is 28.1. The normalized spacial score (nSPS) is 11.6. The molecule has 0 aliphatic rings. The summed E-state index contributed by atoms with van der Waals surface area (Å²) in [5.41, 5.74) is 24.5. The van der Waals surface area contributed by atoms with Crippen molar-refractivity contribution in [3.8, 4) is 124 Å². The Morgan fingerprint density at radius 3 is 0.830 bits per heavy atom. The monoisotopic (exact) mass is 1430 g/mol. The van der Waals surface area contributed by atoms with Crippen LogP contribution in [-0.4, -0.2) is 39.0 Å². The van der Waals surface area contributed by atoms with E-state index in [-0.39, 0.29) is 0 Å². The van der Waals surface area contributed by atoms with E-state index < -0.39 is 0 Å². The molecule has 0 unspecified atom stereocenters. The number of para-hydroxylation sites is 5. The van der Waals surface area contributed by atoms with Gasteiger partial charge >= 0.3 is 0 Å². The average molecular weight is 1430 g/mol. The summed E-state index contributed by atoms with van der Waals surface area (Å²) < 4.78 is 17.3. The zero-order valence-electron chi connectivity index (χ0n) is 60.3. The Balaban J connectivity index is 0.000000141. The molecule has 0 fully saturated rings. The molecular weight excluding hydrogens is 1370 g/mol. The summed E-state index contributed by atoms with van der Waals surface area (Å²) in [7, 11) is 0. The lowest BCUT2D eigenvalue weighted by molar-refractivity contribution is 0.668. The second kappa shape index (κ2) is 27.5. The third-order valence-electron chi connectivity index (χ3n) is 21.3. The average Bonchev–Trinajstić information content (AvgIpc) is 1.59. The minimum absolute atomic E-state index is 0.580. The molecule has 0 amide bonds. The maximum absolute atomic E-state index is 6.28. The Bertz CT molecular complexity index is 7350. The number of nitrogens with zero attached hydrogens (tertiary/aromatic N) is 8. The number of furan rings is 2. The fourth-order valence-electron chi connectivity index (χ4n) is 15.9. The van der Waals surface area contributed by atoms with Gasteiger partial charge in [-0.3, -0.25) is 0 Å². The van der Waals surface area contributed by atoms with Crippen LogP contribution in [0, 0.1) is 0 Å². The van der Waals surface area contributed by atoms with Gasteiger partial charge < -0.3 is 18.0 Å². The quantitative estimate of drug-likeness (QED) is 0.119. The van der Waals surface area contributed by atoms with Gasteiger partial charge in [0.05, 0.1) is 22.1 Å². The van der Waals surface area contributed by atoms with E-state index in [4.69, 9.17) is 38.7 Å². The maximum atomic E-state index is 6.28. The largest absolute Gasteiger partial charge is 0.456 e. The minimum atomic E-state index is 0.580. The Hall–Kier alpha value is -15.3. The zero-order valence-corrected chi connectivity index (χ0v) is 60.3. The molecule has 22 rings (SSSR count). The van der Waals surface area contributed by atoms with E-state index >= 15 is 0 Å². The molecule has 0 saturated heterocycles. The minimum Gasteiger partial charge on any atom is -0.456 e. The molecule has 0 atom stereocenters. The van der Waals surface area contributed by atoms with Gasteiger partial charge in [0.1, 0.15) is 22.3 Å². The molecule has 0 N–H and O–H groups in total. The molecule has 0 bridgehead atoms. The lowest BCUT2D eigenvalue weighted by Gasteiger charge is -2.12. The highest BCUT2D eigenvalue weighted by Gasteiger charge is 2.21. The highest BCUT2D eigenvalue weighted by molar-refractivity contribution is 6.12. The number of rotatable bonds is 12. The Morgan fingerprint density at radius 2 is 0.411 bits per heavy atom. The van der Waals surface area contributed by atoms with E-state index in [1.54, 1.807) is 0 Å². The van der Waals surface area contributed by atoms with Crippen molar-refractivity contribution in [2.45, 2.75) is 0 Å². The third kappa shape index (κ3) is 11.9. The smallest absolute Gasteiger partial charge is 0.164 e. The summed E-state index contributed by atoms with van der Waals surface area (Å²) in [6, 6.07) is 135. The van der Waals surface area contributed by atoms with E-state index in [9.17, 15) is 0 Å². The first-order chi connectivity index (χ1) is 55.5. The van der Waals surface area contributed by atoms with Gasteiger partial charge in [-0.15, -0.1) is 0 Å². The molecule has 0 spiro atoms. The van der Waals surface area contributed by atoms with Crippen molar-refractivity contribution >= 4 is 87.5 Å². The molecule has 0 saturated carbocycles. The first kappa shape index (κ1) is 65.1. The Morgan fingerprint density at radius 1 is 0.152 bits per heavy atom. The molecule has 0 radical (unpaired) electrons. The fourth-order valence-corrected chi connectivity index (χ4v) is 15.9. The summed E-state index contributed by atoms with van der Waals surface area (Å²) in [5, 5.41) is 9.24. The molecule has 10 nitrogen and oxygen atoms in total. The van der Waals surface area contributed by atoms with Crippen LogP contribution in [0.1, 0.15) is 0 Å². The molecular formula is C102H64N8O2. The predicted octanol–water partition coefficient (Wildman–Crippen LogP) is 26.4. The van der Waals surface area contributed by atoms with Crippen LogP contribution in [0.5, 0.6) is 0 Å². The van der Waals surface area contributed by atoms with Crippen LogP contribution in [0.15, 0.2) is 397 Å². The van der Waals surface area contributed by atoms with Crippen LogP contribution in [0.3, 0.4) is 0 Å². The van der Waals surface area contributed by atoms with Gasteiger partial charge in [-0.05, 0) is 148 Å². The van der Waals surface area contributed by atoms with Crippen molar-refractivity contribution in [3.63, 3.8) is 0 Å². The summed E-state index contributed by atoms with van der Waals surface area (Å²) in [5.74, 6) is 3.59. The SMILES string of the molecule is c1ccc(-c2ccc3c4ccccc4n(-c4cccc(-c5cccc(-c6nc(-c7ccccc7)nc(-c7ccc8c(c7)oc7ccccc78)n6)c5)c4)c3c2)cc1.c1ccc(-c2cccc(-c3nc(-c4cccc(-c5cccc(-n6c7ccccc7c7ccccc76)c5)c4)nc(-c4ccc5c(c4)oc4ccccc45)n3)c2)cc1. The lowest BCUT2D eigenvalue weighted by atomic mass is 10.0. The molecule has 10 heteroatoms. The highest BCUT2D eigenvalue weighted by atomic mass is 16.3. The number of hydrogen-bond acceptors (Lipinski definition) is 8. The Labute approximate surface area is 643 Å². The zero-order chi connectivity index (χ0) is 74.0. The van der Waals surface area contributed by atoms with Crippen LogP contribution >= 0.6 is 0 Å². The number of hydrogen-bond donors (Lipinski definition) is 0. The summed E-state index contributed by atoms with van der Waals surface area (Å²) in [6.07, 6.45) is 0. The van der Waals surface area contributed by atoms with Gasteiger partial charge in [0, 0.05) is 87.8 Å². The number of fused-ring (bicyclic) bond motifs is 12. The number of aromatic nitrogens is 8. The van der Waals surface area contributed by atoms with Crippen molar-refractivity contribution in [1.82, 2.24) is 39.0 Å². The summed E-state index contributed by atoms with van der Waals surface area (Å²) >= 11 is 0. The van der Waals surface area contributed by atoms with Gasteiger partial charge in [0.25, 0.3) is 0 Å². The summed E-state index contributed by atoms with van der Waals surface area (Å²) in [6.45, 7) is 0. The van der Waals surface area contributed by atoms with Gasteiger partial charge in [-0.1, -0.05) is 285 Å². The molecule has 524 valence electrons. The highest BCUT2D eigenvalue weighted by Crippen LogP contribution is 2.41. The van der Waals surface area contributed by atoms with E-state index in [0.29, 0.717) is 34.9 Å². The molecule has 0 aliphatic heterocycles. The van der Waals surface area contributed by atoms with E-state index in [1.165, 1.54) is 54.7 Å². The standard InChI is InChI=1S/2C51H32N4O/c1-3-13-33(14-4-1)37-25-27-42-41-21-7-9-23-45(41)55(46(42)31-37)40-20-12-18-36(30-40)35-17-11-19-38(29-35)50-52-49(34-15-5-2-6-16-34)53-51(54-50)39-26-28-44-43-22-8-10-24-47(43)56-48(44)32-39;1-2-13-33(14-3-1)34-15-10-18-37(29-34)49-52-50(54-51(53-49)39-27-28-44-43-23-6-9-26-47(43)56-48(44)32-39)38-19-11-16-35(30-38)36-17-12-20-40(31-36)55-45-24-7-4-21-41(45)42-22-5-8-25-46(42)55/h2*1-32H. The van der Waals surface area contributed by atoms with Crippen molar-refractivity contribution in [3.05, 3.63) is 388 Å². The third-order valence-corrected chi connectivity index (χ3v) is 21.3. The van der Waals surface area contributed by atoms with Crippen LogP contribution in [0.25, 0.3) is 212 Å².